The van der Waals surface area contributed by atoms with Crippen LogP contribution in [-0.2, 0) is 19.3 Å². The summed E-state index contributed by atoms with van der Waals surface area (Å²) in [6, 6.07) is 1.70. The summed E-state index contributed by atoms with van der Waals surface area (Å²) in [5.41, 5.74) is -1.30. The van der Waals surface area contributed by atoms with E-state index in [9.17, 15) is 17.2 Å². The molecule has 1 aliphatic rings. The Morgan fingerprint density at radius 1 is 1.05 bits per heavy atom. The molecule has 1 aromatic rings. The van der Waals surface area contributed by atoms with Gasteiger partial charge in [-0.05, 0) is 45.3 Å². The minimum Gasteiger partial charge on any atom is -0.399 e. The zero-order valence-corrected chi connectivity index (χ0v) is 12.9. The maximum Gasteiger partial charge on any atom is 0.495 e. The first-order valence-corrected chi connectivity index (χ1v) is 7.77. The second kappa shape index (κ2) is 4.74. The van der Waals surface area contributed by atoms with Crippen LogP contribution in [0.4, 0.5) is 8.78 Å². The average molecular weight is 319 g/mol. The highest BCUT2D eigenvalue weighted by molar-refractivity contribution is 7.89. The molecule has 116 valence electrons. The molecule has 21 heavy (non-hydrogen) atoms. The Morgan fingerprint density at radius 2 is 1.43 bits per heavy atom. The van der Waals surface area contributed by atoms with E-state index < -0.39 is 44.9 Å². The van der Waals surface area contributed by atoms with Crippen LogP contribution in [0.15, 0.2) is 17.0 Å². The number of sulfonamides is 1. The van der Waals surface area contributed by atoms with Crippen molar-refractivity contribution < 1.29 is 26.5 Å². The van der Waals surface area contributed by atoms with Crippen molar-refractivity contribution in [1.82, 2.24) is 0 Å². The fourth-order valence-corrected chi connectivity index (χ4v) is 2.63. The maximum atomic E-state index is 13.8. The highest BCUT2D eigenvalue weighted by Gasteiger charge is 2.52. The van der Waals surface area contributed by atoms with Crippen molar-refractivity contribution in [3.8, 4) is 0 Å². The molecule has 0 unspecified atom stereocenters. The Kier molecular flexibility index (Phi) is 3.69. The van der Waals surface area contributed by atoms with Gasteiger partial charge in [-0.1, -0.05) is 0 Å². The molecule has 0 aromatic heterocycles. The Hall–Kier alpha value is -1.03. The monoisotopic (exact) mass is 319 g/mol. The van der Waals surface area contributed by atoms with Crippen molar-refractivity contribution in [2.75, 3.05) is 0 Å². The van der Waals surface area contributed by atoms with Crippen LogP contribution in [0.5, 0.6) is 0 Å². The molecule has 5 nitrogen and oxygen atoms in total. The number of hydrogen-bond donors (Lipinski definition) is 1. The molecule has 2 rings (SSSR count). The smallest absolute Gasteiger partial charge is 0.399 e. The number of halogens is 2. The van der Waals surface area contributed by atoms with Gasteiger partial charge in [-0.25, -0.2) is 22.3 Å². The lowest BCUT2D eigenvalue weighted by Gasteiger charge is -2.32. The van der Waals surface area contributed by atoms with Crippen molar-refractivity contribution in [1.29, 1.82) is 0 Å². The molecule has 1 aliphatic heterocycles. The van der Waals surface area contributed by atoms with E-state index in [-0.39, 0.29) is 5.46 Å². The molecule has 0 bridgehead atoms. The van der Waals surface area contributed by atoms with Crippen LogP contribution in [0.3, 0.4) is 0 Å². The second-order valence-electron chi connectivity index (χ2n) is 5.95. The third-order valence-corrected chi connectivity index (χ3v) is 4.79. The summed E-state index contributed by atoms with van der Waals surface area (Å²) >= 11 is 0. The van der Waals surface area contributed by atoms with E-state index in [0.717, 1.165) is 12.1 Å². The second-order valence-corrected chi connectivity index (χ2v) is 7.45. The number of nitrogens with two attached hydrogens (primary N) is 1. The van der Waals surface area contributed by atoms with Gasteiger partial charge < -0.3 is 9.31 Å². The molecule has 2 N–H and O–H groups in total. The number of hydrogen-bond acceptors (Lipinski definition) is 4. The fraction of sp³-hybridized carbons (Fsp3) is 0.500. The van der Waals surface area contributed by atoms with Gasteiger partial charge in [0.05, 0.1) is 11.2 Å². The Morgan fingerprint density at radius 3 is 1.76 bits per heavy atom. The summed E-state index contributed by atoms with van der Waals surface area (Å²) in [5, 5.41) is 4.78. The van der Waals surface area contributed by atoms with Crippen LogP contribution >= 0.6 is 0 Å². The predicted molar refractivity (Wildman–Crippen MR) is 73.4 cm³/mol. The normalized spacial score (nSPS) is 20.8. The lowest BCUT2D eigenvalue weighted by Crippen LogP contribution is -2.41. The van der Waals surface area contributed by atoms with Crippen molar-refractivity contribution in [3.63, 3.8) is 0 Å². The van der Waals surface area contributed by atoms with E-state index in [1.807, 2.05) is 0 Å². The largest absolute Gasteiger partial charge is 0.495 e. The summed E-state index contributed by atoms with van der Waals surface area (Å²) in [5.74, 6) is -2.55. The van der Waals surface area contributed by atoms with Gasteiger partial charge in [0.2, 0.25) is 10.0 Å². The first-order chi connectivity index (χ1) is 9.35. The number of primary sulfonamides is 1. The zero-order chi connectivity index (χ0) is 16.2. The summed E-state index contributed by atoms with van der Waals surface area (Å²) in [7, 11) is -5.47. The van der Waals surface area contributed by atoms with Crippen molar-refractivity contribution in [3.05, 3.63) is 23.8 Å². The highest BCUT2D eigenvalue weighted by Crippen LogP contribution is 2.36. The fourth-order valence-electron chi connectivity index (χ4n) is 1.97. The number of rotatable bonds is 2. The molecule has 1 saturated heterocycles. The SMILES string of the molecule is CC1(C)OB(c2cc(F)c(S(N)(=O)=O)c(F)c2)OC1(C)C. The van der Waals surface area contributed by atoms with Crippen LogP contribution in [0.1, 0.15) is 27.7 Å². The molecule has 0 spiro atoms. The van der Waals surface area contributed by atoms with Crippen LogP contribution in [0.2, 0.25) is 0 Å². The Bertz CT molecular complexity index is 651. The van der Waals surface area contributed by atoms with Crippen molar-refractivity contribution in [2.24, 2.45) is 5.14 Å². The molecule has 0 atom stereocenters. The van der Waals surface area contributed by atoms with E-state index >= 15 is 0 Å². The zero-order valence-electron chi connectivity index (χ0n) is 12.1. The van der Waals surface area contributed by atoms with Gasteiger partial charge in [-0.2, -0.15) is 0 Å². The van der Waals surface area contributed by atoms with Crippen molar-refractivity contribution in [2.45, 2.75) is 43.8 Å². The first kappa shape index (κ1) is 16.3. The van der Waals surface area contributed by atoms with Crippen molar-refractivity contribution >= 4 is 22.6 Å². The molecule has 0 aliphatic carbocycles. The molecule has 1 fully saturated rings. The lowest BCUT2D eigenvalue weighted by atomic mass is 9.79. The lowest BCUT2D eigenvalue weighted by molar-refractivity contribution is 0.00578. The molecular weight excluding hydrogens is 303 g/mol. The maximum absolute atomic E-state index is 13.8. The topological polar surface area (TPSA) is 78.6 Å². The van der Waals surface area contributed by atoms with E-state index in [0.29, 0.717) is 0 Å². The minimum atomic E-state index is -4.48. The third kappa shape index (κ3) is 2.83. The van der Waals surface area contributed by atoms with Gasteiger partial charge in [0.25, 0.3) is 0 Å². The summed E-state index contributed by atoms with van der Waals surface area (Å²) in [6.07, 6.45) is 0. The first-order valence-electron chi connectivity index (χ1n) is 6.22. The molecule has 0 saturated carbocycles. The highest BCUT2D eigenvalue weighted by atomic mass is 32.2. The minimum absolute atomic E-state index is 0.0519. The van der Waals surface area contributed by atoms with Crippen LogP contribution < -0.4 is 10.6 Å². The third-order valence-electron chi connectivity index (χ3n) is 3.83. The molecule has 0 amide bonds. The van der Waals surface area contributed by atoms with Gasteiger partial charge in [-0.15, -0.1) is 0 Å². The summed E-state index contributed by atoms with van der Waals surface area (Å²) in [6.45, 7) is 7.16. The quantitative estimate of drug-likeness (QED) is 0.822. The Labute approximate surface area is 122 Å². The summed E-state index contributed by atoms with van der Waals surface area (Å²) in [4.78, 5) is -1.16. The van der Waals surface area contributed by atoms with Gasteiger partial charge in [-0.3, -0.25) is 0 Å². The molecule has 1 heterocycles. The van der Waals surface area contributed by atoms with E-state index in [1.165, 1.54) is 0 Å². The van der Waals surface area contributed by atoms with Crippen LogP contribution in [0.25, 0.3) is 0 Å². The molecular formula is C12H16BF2NO4S. The number of benzene rings is 1. The van der Waals surface area contributed by atoms with E-state index in [1.54, 1.807) is 27.7 Å². The van der Waals surface area contributed by atoms with Gasteiger partial charge in [0.15, 0.2) is 4.90 Å². The van der Waals surface area contributed by atoms with Crippen LogP contribution in [-0.4, -0.2) is 26.7 Å². The van der Waals surface area contributed by atoms with Crippen LogP contribution in [0, 0.1) is 11.6 Å². The average Bonchev–Trinajstić information content (AvgIpc) is 2.44. The molecule has 1 aromatic carbocycles. The van der Waals surface area contributed by atoms with E-state index in [4.69, 9.17) is 14.4 Å². The molecule has 9 heteroatoms. The standard InChI is InChI=1S/C12H16BF2NO4S/c1-11(2)12(3,4)20-13(19-11)7-5-8(14)10(9(15)6-7)21(16,17)18/h5-6H,1-4H3,(H2,16,17,18). The van der Waals surface area contributed by atoms with E-state index in [2.05, 4.69) is 0 Å². The van der Waals surface area contributed by atoms with Gasteiger partial charge >= 0.3 is 7.12 Å². The molecule has 0 radical (unpaired) electrons. The van der Waals surface area contributed by atoms with Gasteiger partial charge in [0.1, 0.15) is 11.6 Å². The Balaban J connectivity index is 2.46. The summed E-state index contributed by atoms with van der Waals surface area (Å²) < 4.78 is 61.3. The van der Waals surface area contributed by atoms with Gasteiger partial charge in [0, 0.05) is 0 Å². The predicted octanol–water partition coefficient (Wildman–Crippen LogP) is 0.911.